The van der Waals surface area contributed by atoms with Gasteiger partial charge in [-0.15, -0.1) is 0 Å². The maximum atomic E-state index is 6.07. The van der Waals surface area contributed by atoms with Gasteiger partial charge in [0.1, 0.15) is 5.82 Å². The molecule has 0 aromatic carbocycles. The van der Waals surface area contributed by atoms with Crippen molar-refractivity contribution in [2.75, 3.05) is 18.0 Å². The van der Waals surface area contributed by atoms with Gasteiger partial charge in [0.15, 0.2) is 0 Å². The predicted octanol–water partition coefficient (Wildman–Crippen LogP) is 2.79. The van der Waals surface area contributed by atoms with Crippen LogP contribution >= 0.6 is 0 Å². The average molecular weight is 233 g/mol. The van der Waals surface area contributed by atoms with Gasteiger partial charge in [-0.2, -0.15) is 0 Å². The van der Waals surface area contributed by atoms with E-state index in [2.05, 4.69) is 29.8 Å². The number of nitrogens with zero attached hydrogens (tertiary/aromatic N) is 2. The summed E-state index contributed by atoms with van der Waals surface area (Å²) in [6, 6.07) is 2.31. The van der Waals surface area contributed by atoms with Gasteiger partial charge in [-0.3, -0.25) is 0 Å². The third-order valence-corrected chi connectivity index (χ3v) is 3.66. The molecule has 3 nitrogen and oxygen atoms in total. The molecular formula is C14H23N3. The molecule has 0 amide bonds. The SMILES string of the molecule is CC[C@@H](N)c1cnc(N2CCCCC2)cc1C. The van der Waals surface area contributed by atoms with Gasteiger partial charge in [0.05, 0.1) is 0 Å². The highest BCUT2D eigenvalue weighted by Crippen LogP contribution is 2.23. The van der Waals surface area contributed by atoms with Gasteiger partial charge >= 0.3 is 0 Å². The van der Waals surface area contributed by atoms with E-state index < -0.39 is 0 Å². The lowest BCUT2D eigenvalue weighted by molar-refractivity contribution is 0.572. The van der Waals surface area contributed by atoms with Gasteiger partial charge in [-0.1, -0.05) is 6.92 Å². The third-order valence-electron chi connectivity index (χ3n) is 3.66. The maximum Gasteiger partial charge on any atom is 0.128 e. The smallest absolute Gasteiger partial charge is 0.128 e. The highest BCUT2D eigenvalue weighted by molar-refractivity contribution is 5.44. The minimum Gasteiger partial charge on any atom is -0.357 e. The summed E-state index contributed by atoms with van der Waals surface area (Å²) in [5.41, 5.74) is 8.53. The van der Waals surface area contributed by atoms with Crippen molar-refractivity contribution in [3.63, 3.8) is 0 Å². The van der Waals surface area contributed by atoms with E-state index in [1.54, 1.807) is 0 Å². The van der Waals surface area contributed by atoms with Crippen LogP contribution < -0.4 is 10.6 Å². The molecule has 3 heteroatoms. The van der Waals surface area contributed by atoms with Crippen LogP contribution in [0.3, 0.4) is 0 Å². The normalized spacial score (nSPS) is 18.2. The second kappa shape index (κ2) is 5.50. The van der Waals surface area contributed by atoms with Gasteiger partial charge in [-0.05, 0) is 49.8 Å². The molecule has 0 unspecified atom stereocenters. The highest BCUT2D eigenvalue weighted by atomic mass is 15.2. The van der Waals surface area contributed by atoms with E-state index in [1.165, 1.54) is 30.4 Å². The van der Waals surface area contributed by atoms with Crippen molar-refractivity contribution in [2.24, 2.45) is 5.73 Å². The first-order valence-electron chi connectivity index (χ1n) is 6.69. The zero-order chi connectivity index (χ0) is 12.3. The van der Waals surface area contributed by atoms with E-state index in [9.17, 15) is 0 Å². The molecule has 0 saturated carbocycles. The minimum absolute atomic E-state index is 0.123. The first-order chi connectivity index (χ1) is 8.22. The van der Waals surface area contributed by atoms with Crippen molar-refractivity contribution in [2.45, 2.75) is 45.6 Å². The van der Waals surface area contributed by atoms with E-state index in [-0.39, 0.29) is 6.04 Å². The predicted molar refractivity (Wildman–Crippen MR) is 72.3 cm³/mol. The van der Waals surface area contributed by atoms with E-state index >= 15 is 0 Å². The summed E-state index contributed by atoms with van der Waals surface area (Å²) < 4.78 is 0. The molecule has 17 heavy (non-hydrogen) atoms. The maximum absolute atomic E-state index is 6.07. The van der Waals surface area contributed by atoms with Gasteiger partial charge < -0.3 is 10.6 Å². The van der Waals surface area contributed by atoms with Crippen molar-refractivity contribution in [1.29, 1.82) is 0 Å². The Morgan fingerprint density at radius 3 is 2.65 bits per heavy atom. The summed E-state index contributed by atoms with van der Waals surface area (Å²) >= 11 is 0. The van der Waals surface area contributed by atoms with E-state index in [1.807, 2.05) is 6.20 Å². The molecule has 1 saturated heterocycles. The van der Waals surface area contributed by atoms with Crippen LogP contribution in [0.25, 0.3) is 0 Å². The number of hydrogen-bond donors (Lipinski definition) is 1. The zero-order valence-electron chi connectivity index (χ0n) is 10.9. The second-order valence-electron chi connectivity index (χ2n) is 4.96. The number of rotatable bonds is 3. The monoisotopic (exact) mass is 233 g/mol. The molecule has 0 spiro atoms. The summed E-state index contributed by atoms with van der Waals surface area (Å²) in [4.78, 5) is 6.96. The minimum atomic E-state index is 0.123. The molecule has 0 aliphatic carbocycles. The Morgan fingerprint density at radius 2 is 2.06 bits per heavy atom. The van der Waals surface area contributed by atoms with Gasteiger partial charge in [0, 0.05) is 25.3 Å². The summed E-state index contributed by atoms with van der Waals surface area (Å²) in [7, 11) is 0. The molecule has 1 aliphatic heterocycles. The van der Waals surface area contributed by atoms with Crippen LogP contribution in [0.4, 0.5) is 5.82 Å². The largest absolute Gasteiger partial charge is 0.357 e. The molecular weight excluding hydrogens is 210 g/mol. The lowest BCUT2D eigenvalue weighted by Crippen LogP contribution is -2.30. The summed E-state index contributed by atoms with van der Waals surface area (Å²) in [6.07, 6.45) is 6.86. The first-order valence-corrected chi connectivity index (χ1v) is 6.69. The molecule has 1 fully saturated rings. The standard InChI is InChI=1S/C14H23N3/c1-3-13(15)12-10-16-14(9-11(12)2)17-7-5-4-6-8-17/h9-10,13H,3-8,15H2,1-2H3/t13-/m1/s1. The van der Waals surface area contributed by atoms with Crippen LogP contribution in [0.2, 0.25) is 0 Å². The highest BCUT2D eigenvalue weighted by Gasteiger charge is 2.14. The first kappa shape index (κ1) is 12.4. The van der Waals surface area contributed by atoms with Crippen LogP contribution in [0.15, 0.2) is 12.3 Å². The molecule has 1 aromatic rings. The van der Waals surface area contributed by atoms with Crippen LogP contribution in [-0.4, -0.2) is 18.1 Å². The fourth-order valence-corrected chi connectivity index (χ4v) is 2.46. The number of anilines is 1. The van der Waals surface area contributed by atoms with Crippen molar-refractivity contribution in [1.82, 2.24) is 4.98 Å². The zero-order valence-corrected chi connectivity index (χ0v) is 10.9. The van der Waals surface area contributed by atoms with Gasteiger partial charge in [0.25, 0.3) is 0 Å². The molecule has 0 radical (unpaired) electrons. The molecule has 0 bridgehead atoms. The number of aromatic nitrogens is 1. The van der Waals surface area contributed by atoms with E-state index in [0.29, 0.717) is 0 Å². The Bertz CT molecular complexity index is 370. The van der Waals surface area contributed by atoms with Crippen molar-refractivity contribution < 1.29 is 0 Å². The van der Waals surface area contributed by atoms with E-state index in [0.717, 1.165) is 25.3 Å². The Balaban J connectivity index is 2.17. The van der Waals surface area contributed by atoms with Gasteiger partial charge in [0.2, 0.25) is 0 Å². The molecule has 94 valence electrons. The van der Waals surface area contributed by atoms with E-state index in [4.69, 9.17) is 5.73 Å². The Hall–Kier alpha value is -1.09. The number of nitrogens with two attached hydrogens (primary N) is 1. The molecule has 1 aromatic heterocycles. The van der Waals surface area contributed by atoms with Crippen molar-refractivity contribution in [3.05, 3.63) is 23.4 Å². The summed E-state index contributed by atoms with van der Waals surface area (Å²) in [6.45, 7) is 6.54. The van der Waals surface area contributed by atoms with Crippen molar-refractivity contribution in [3.8, 4) is 0 Å². The Kier molecular flexibility index (Phi) is 4.00. The molecule has 2 heterocycles. The number of aryl methyl sites for hydroxylation is 1. The van der Waals surface area contributed by atoms with Crippen LogP contribution in [-0.2, 0) is 0 Å². The summed E-state index contributed by atoms with van der Waals surface area (Å²) in [5.74, 6) is 1.12. The third kappa shape index (κ3) is 2.78. The quantitative estimate of drug-likeness (QED) is 0.873. The fraction of sp³-hybridized carbons (Fsp3) is 0.643. The molecule has 1 atom stereocenters. The number of piperidine rings is 1. The summed E-state index contributed by atoms with van der Waals surface area (Å²) in [5, 5.41) is 0. The topological polar surface area (TPSA) is 42.1 Å². The molecule has 1 aliphatic rings. The number of pyridine rings is 1. The molecule has 2 rings (SSSR count). The second-order valence-corrected chi connectivity index (χ2v) is 4.96. The van der Waals surface area contributed by atoms with Crippen LogP contribution in [0.1, 0.15) is 49.8 Å². The fourth-order valence-electron chi connectivity index (χ4n) is 2.46. The lowest BCUT2D eigenvalue weighted by Gasteiger charge is -2.28. The Labute approximate surface area is 104 Å². The van der Waals surface area contributed by atoms with Gasteiger partial charge in [-0.25, -0.2) is 4.98 Å². The number of hydrogen-bond acceptors (Lipinski definition) is 3. The van der Waals surface area contributed by atoms with Crippen molar-refractivity contribution >= 4 is 5.82 Å². The average Bonchev–Trinajstić information content (AvgIpc) is 2.39. The van der Waals surface area contributed by atoms with Crippen LogP contribution in [0.5, 0.6) is 0 Å². The molecule has 2 N–H and O–H groups in total. The van der Waals surface area contributed by atoms with Crippen LogP contribution in [0, 0.1) is 6.92 Å². The lowest BCUT2D eigenvalue weighted by atomic mass is 10.0. The Morgan fingerprint density at radius 1 is 1.35 bits per heavy atom.